The second kappa shape index (κ2) is 54.3. The number of aromatic nitrogens is 18. The Balaban J connectivity index is 0.000000170. The van der Waals surface area contributed by atoms with Gasteiger partial charge in [-0.25, -0.2) is 49.8 Å². The van der Waals surface area contributed by atoms with Crippen LogP contribution < -0.4 is 0 Å². The minimum absolute atomic E-state index is 0. The largest absolute Gasteiger partial charge is 0.304 e. The van der Waals surface area contributed by atoms with Crippen LogP contribution in [0.15, 0.2) is 378 Å². The molecule has 0 aliphatic heterocycles. The number of rotatable bonds is 12. The van der Waals surface area contributed by atoms with Crippen LogP contribution in [0, 0.1) is 104 Å². The molecule has 0 saturated heterocycles. The Morgan fingerprint density at radius 2 is 0.432 bits per heavy atom. The van der Waals surface area contributed by atoms with Crippen LogP contribution in [0.3, 0.4) is 0 Å². The standard InChI is InChI=1S/C16H13N4.2C16H12N3.C14H9N4.4C12H10N.4Ir/c1-11-18-12(2)20-16(19-11)14-8-9-15(17-10-14)13-6-4-3-5-7-13;1-12-17-10-15(11-18-12)14-7-8-16(19-9-14)13-5-3-2-4-6-13;1-12-17-10-9-16(19-12)14-7-8-15(18-11-14)13-5-3-2-4-6-13;1-2-4-11(5-3-1)13-7-6-12(8-16-13)14-17-9-15-10-18-14;4*1-10-7-8-12(13-9-10)11-5-3-2-4-6-11;;;;/h3-6,8-10H,1-2H3;2*2-5,7-11H,1H3;1-4,6-10H;4*2-5,7-9H,1H3;;;;/q8*-1;;;;. The summed E-state index contributed by atoms with van der Waals surface area (Å²) >= 11 is 0. The summed E-state index contributed by atoms with van der Waals surface area (Å²) in [6, 6.07) is 122. The Morgan fingerprint density at radius 1 is 0.174 bits per heavy atom. The maximum absolute atomic E-state index is 4.46. The quantitative estimate of drug-likeness (QED) is 0.103. The third kappa shape index (κ3) is 32.1. The molecule has 0 unspecified atom stereocenters. The smallest absolute Gasteiger partial charge is 0.164 e. The monoisotopic (exact) mass is 2430 g/mol. The van der Waals surface area contributed by atoms with Crippen molar-refractivity contribution in [3.05, 3.63) is 472 Å². The van der Waals surface area contributed by atoms with Gasteiger partial charge in [-0.2, -0.15) is 0 Å². The first-order chi connectivity index (χ1) is 62.7. The molecule has 8 aromatic carbocycles. The van der Waals surface area contributed by atoms with E-state index in [0.29, 0.717) is 23.3 Å². The van der Waals surface area contributed by atoms with E-state index in [4.69, 9.17) is 0 Å². The van der Waals surface area contributed by atoms with Gasteiger partial charge < -0.3 is 39.9 Å². The molecular weight excluding hydrogens is 2340 g/mol. The van der Waals surface area contributed by atoms with Gasteiger partial charge in [-0.05, 0) is 129 Å². The number of pyridine rings is 8. The van der Waals surface area contributed by atoms with E-state index in [-0.39, 0.29) is 80.4 Å². The van der Waals surface area contributed by atoms with E-state index in [1.54, 1.807) is 18.6 Å². The summed E-state index contributed by atoms with van der Waals surface area (Å²) in [6.45, 7) is 15.6. The van der Waals surface area contributed by atoms with Crippen LogP contribution in [0.25, 0.3) is 135 Å². The first-order valence-electron chi connectivity index (χ1n) is 41.0. The molecule has 4 radical (unpaired) electrons. The first kappa shape index (κ1) is 101. The summed E-state index contributed by atoms with van der Waals surface area (Å²) in [5.74, 6) is 4.25. The van der Waals surface area contributed by atoms with Crippen LogP contribution in [0.2, 0.25) is 0 Å². The van der Waals surface area contributed by atoms with Gasteiger partial charge in [0.1, 0.15) is 36.0 Å². The Morgan fingerprint density at radius 3 is 0.682 bits per heavy atom. The number of nitrogens with zero attached hydrogens (tertiary/aromatic N) is 18. The minimum atomic E-state index is 0. The summed E-state index contributed by atoms with van der Waals surface area (Å²) in [5.41, 5.74) is 26.0. The van der Waals surface area contributed by atoms with E-state index < -0.39 is 0 Å². The molecule has 0 fully saturated rings. The molecule has 660 valence electrons. The van der Waals surface area contributed by atoms with Gasteiger partial charge in [0.25, 0.3) is 0 Å². The van der Waals surface area contributed by atoms with Crippen molar-refractivity contribution in [1.29, 1.82) is 0 Å². The van der Waals surface area contributed by atoms with Crippen molar-refractivity contribution in [2.45, 2.75) is 55.4 Å². The van der Waals surface area contributed by atoms with Gasteiger partial charge in [0.15, 0.2) is 11.6 Å². The molecule has 18 nitrogen and oxygen atoms in total. The van der Waals surface area contributed by atoms with E-state index in [2.05, 4.69) is 163 Å². The molecule has 0 bridgehead atoms. The fraction of sp³-hybridized carbons (Fsp3) is 0.0727. The first-order valence-corrected chi connectivity index (χ1v) is 41.0. The molecule has 0 N–H and O–H groups in total. The van der Waals surface area contributed by atoms with Crippen LogP contribution in [0.1, 0.15) is 45.6 Å². The SMILES string of the molecule is Cc1ccc(-c2[c-]cccc2)nc1.Cc1ccc(-c2[c-]cccc2)nc1.Cc1ccc(-c2[c-]cccc2)nc1.Cc1ccc(-c2[c-]cccc2)nc1.Cc1nc(C)nc(-c2ccc(-c3[c-]cccc3)nc2)n1.Cc1ncc(-c2ccc(-c3[c-]cccc3)nc2)cn1.Cc1nccc(-c2ccc(-c3[c-]cccc3)nc2)n1.[Ir].[Ir].[Ir].[Ir].[c-]1ccccc1-c1ccc(-c2ncncn2)cn1. The van der Waals surface area contributed by atoms with E-state index in [9.17, 15) is 0 Å². The summed E-state index contributed by atoms with van der Waals surface area (Å²) < 4.78 is 0. The number of aryl methyl sites for hydroxylation is 8. The summed E-state index contributed by atoms with van der Waals surface area (Å²) in [5, 5.41) is 0. The summed E-state index contributed by atoms with van der Waals surface area (Å²) in [7, 11) is 0. The molecule has 0 amide bonds. The van der Waals surface area contributed by atoms with Crippen LogP contribution in [0.5, 0.6) is 0 Å². The third-order valence-corrected chi connectivity index (χ3v) is 18.6. The van der Waals surface area contributed by atoms with Crippen molar-refractivity contribution in [1.82, 2.24) is 89.7 Å². The van der Waals surface area contributed by atoms with Gasteiger partial charge in [0.05, 0.1) is 5.69 Å². The molecule has 12 heterocycles. The second-order valence-electron chi connectivity index (χ2n) is 28.5. The molecule has 0 aliphatic rings. The normalized spacial score (nSPS) is 9.88. The van der Waals surface area contributed by atoms with Crippen molar-refractivity contribution in [2.24, 2.45) is 0 Å². The van der Waals surface area contributed by atoms with Crippen molar-refractivity contribution in [3.8, 4) is 135 Å². The molecule has 0 spiro atoms. The predicted molar refractivity (Wildman–Crippen MR) is 506 cm³/mol. The van der Waals surface area contributed by atoms with Gasteiger partial charge in [-0.3, -0.25) is 0 Å². The van der Waals surface area contributed by atoms with Crippen molar-refractivity contribution in [2.75, 3.05) is 0 Å². The van der Waals surface area contributed by atoms with E-state index in [0.717, 1.165) is 135 Å². The van der Waals surface area contributed by atoms with Gasteiger partial charge in [-0.15, -0.1) is 287 Å². The fourth-order valence-electron chi connectivity index (χ4n) is 12.0. The molecule has 132 heavy (non-hydrogen) atoms. The zero-order chi connectivity index (χ0) is 88.7. The molecule has 0 saturated carbocycles. The van der Waals surface area contributed by atoms with Crippen LogP contribution in [0.4, 0.5) is 0 Å². The van der Waals surface area contributed by atoms with Crippen LogP contribution in [-0.4, -0.2) is 89.7 Å². The molecule has 0 aliphatic carbocycles. The zero-order valence-electron chi connectivity index (χ0n) is 73.2. The molecule has 12 aromatic heterocycles. The zero-order valence-corrected chi connectivity index (χ0v) is 82.8. The van der Waals surface area contributed by atoms with Gasteiger partial charge in [-0.1, -0.05) is 97.1 Å². The van der Waals surface area contributed by atoms with Crippen molar-refractivity contribution in [3.63, 3.8) is 0 Å². The van der Waals surface area contributed by atoms with Crippen LogP contribution in [-0.2, 0) is 80.4 Å². The van der Waals surface area contributed by atoms with E-state index in [1.807, 2.05) is 378 Å². The Bertz CT molecular complexity index is 6240. The minimum Gasteiger partial charge on any atom is -0.304 e. The topological polar surface area (TPSA) is 232 Å². The molecule has 0 atom stereocenters. The number of hydrogen-bond acceptors (Lipinski definition) is 18. The average molecular weight is 2430 g/mol. The van der Waals surface area contributed by atoms with Crippen molar-refractivity contribution >= 4 is 0 Å². The number of benzene rings is 8. The molecule has 22 heteroatoms. The number of hydrogen-bond donors (Lipinski definition) is 0. The van der Waals surface area contributed by atoms with Gasteiger partial charge in [0, 0.05) is 176 Å². The predicted octanol–water partition coefficient (Wildman–Crippen LogP) is 23.5. The summed E-state index contributed by atoms with van der Waals surface area (Å²) in [6.07, 6.45) is 23.0. The second-order valence-corrected chi connectivity index (χ2v) is 28.5. The van der Waals surface area contributed by atoms with Gasteiger partial charge >= 0.3 is 0 Å². The van der Waals surface area contributed by atoms with Crippen LogP contribution >= 0.6 is 0 Å². The molecule has 20 aromatic rings. The third-order valence-electron chi connectivity index (χ3n) is 18.6. The van der Waals surface area contributed by atoms with Gasteiger partial charge in [0.2, 0.25) is 0 Å². The van der Waals surface area contributed by atoms with E-state index >= 15 is 0 Å². The summed E-state index contributed by atoms with van der Waals surface area (Å²) in [4.78, 5) is 76.7. The maximum atomic E-state index is 4.46. The Hall–Kier alpha value is -14.3. The Kier molecular flexibility index (Phi) is 41.7. The maximum Gasteiger partial charge on any atom is 0.164 e. The molecular formula is C110H86Ir4N18-8. The van der Waals surface area contributed by atoms with E-state index in [1.165, 1.54) is 34.9 Å². The van der Waals surface area contributed by atoms with Crippen molar-refractivity contribution < 1.29 is 80.4 Å². The fourth-order valence-corrected chi connectivity index (χ4v) is 12.0. The average Bonchev–Trinajstić information content (AvgIpc) is 0.820. The Labute approximate surface area is 825 Å². The molecule has 20 rings (SSSR count).